The van der Waals surface area contributed by atoms with E-state index in [2.05, 4.69) is 0 Å². The molecular formula is C12H15FO3. The highest BCUT2D eigenvalue weighted by atomic mass is 19.1. The molecule has 16 heavy (non-hydrogen) atoms. The largest absolute Gasteiger partial charge is 0.490 e. The molecule has 0 bridgehead atoms. The second-order valence-electron chi connectivity index (χ2n) is 3.77. The van der Waals surface area contributed by atoms with Crippen LogP contribution < -0.4 is 9.47 Å². The van der Waals surface area contributed by atoms with Crippen molar-refractivity contribution in [3.05, 3.63) is 23.5 Å². The van der Waals surface area contributed by atoms with Crippen LogP contribution in [0.1, 0.15) is 18.4 Å². The number of benzene rings is 1. The molecule has 4 heteroatoms. The van der Waals surface area contributed by atoms with Gasteiger partial charge in [-0.05, 0) is 24.5 Å². The number of hydrogen-bond donors (Lipinski definition) is 1. The molecule has 0 atom stereocenters. The Bertz CT molecular complexity index is 366. The normalized spacial score (nSPS) is 14.6. The van der Waals surface area contributed by atoms with E-state index in [1.807, 2.05) is 0 Å². The van der Waals surface area contributed by atoms with Crippen molar-refractivity contribution in [2.45, 2.75) is 19.3 Å². The van der Waals surface area contributed by atoms with Gasteiger partial charge in [0.2, 0.25) is 0 Å². The predicted molar refractivity (Wildman–Crippen MR) is 57.4 cm³/mol. The molecule has 0 saturated heterocycles. The van der Waals surface area contributed by atoms with E-state index in [9.17, 15) is 4.39 Å². The molecule has 1 aliphatic rings. The molecule has 1 heterocycles. The predicted octanol–water partition coefficient (Wildman–Crippen LogP) is 1.91. The molecule has 1 aliphatic heterocycles. The summed E-state index contributed by atoms with van der Waals surface area (Å²) in [4.78, 5) is 0. The van der Waals surface area contributed by atoms with Gasteiger partial charge < -0.3 is 14.6 Å². The number of rotatable bonds is 3. The average Bonchev–Trinajstić information content (AvgIpc) is 2.50. The zero-order valence-corrected chi connectivity index (χ0v) is 9.04. The molecule has 1 aromatic carbocycles. The van der Waals surface area contributed by atoms with E-state index in [1.54, 1.807) is 6.07 Å². The highest BCUT2D eigenvalue weighted by Gasteiger charge is 2.14. The molecule has 2 rings (SSSR count). The first-order valence-electron chi connectivity index (χ1n) is 5.50. The maximum atomic E-state index is 13.6. The summed E-state index contributed by atoms with van der Waals surface area (Å²) in [7, 11) is 0. The first kappa shape index (κ1) is 11.2. The standard InChI is InChI=1S/C12H15FO3/c13-10-8-12-11(15-5-2-6-16-12)7-9(10)3-1-4-14/h7-8,14H,1-6H2. The maximum absolute atomic E-state index is 13.6. The van der Waals surface area contributed by atoms with Gasteiger partial charge in [-0.2, -0.15) is 0 Å². The quantitative estimate of drug-likeness (QED) is 0.855. The first-order chi connectivity index (χ1) is 7.81. The first-order valence-corrected chi connectivity index (χ1v) is 5.50. The van der Waals surface area contributed by atoms with Gasteiger partial charge in [-0.15, -0.1) is 0 Å². The van der Waals surface area contributed by atoms with E-state index in [-0.39, 0.29) is 12.4 Å². The van der Waals surface area contributed by atoms with Gasteiger partial charge >= 0.3 is 0 Å². The van der Waals surface area contributed by atoms with E-state index in [0.717, 1.165) is 6.42 Å². The minimum absolute atomic E-state index is 0.0634. The Labute approximate surface area is 93.8 Å². The summed E-state index contributed by atoms with van der Waals surface area (Å²) in [5, 5.41) is 8.72. The summed E-state index contributed by atoms with van der Waals surface area (Å²) in [6.07, 6.45) is 1.87. The van der Waals surface area contributed by atoms with Crippen LogP contribution in [0.4, 0.5) is 4.39 Å². The summed E-state index contributed by atoms with van der Waals surface area (Å²) in [5.74, 6) is 0.785. The molecule has 0 saturated carbocycles. The van der Waals surface area contributed by atoms with Crippen molar-refractivity contribution in [1.82, 2.24) is 0 Å². The van der Waals surface area contributed by atoms with Gasteiger partial charge in [0, 0.05) is 19.1 Å². The second kappa shape index (κ2) is 5.16. The molecule has 0 amide bonds. The molecule has 3 nitrogen and oxygen atoms in total. The van der Waals surface area contributed by atoms with E-state index in [4.69, 9.17) is 14.6 Å². The SMILES string of the molecule is OCCCc1cc2c(cc1F)OCCCO2. The minimum atomic E-state index is -0.294. The Balaban J connectivity index is 2.24. The summed E-state index contributed by atoms with van der Waals surface area (Å²) < 4.78 is 24.5. The number of aliphatic hydroxyl groups is 1. The van der Waals surface area contributed by atoms with Gasteiger partial charge in [0.25, 0.3) is 0 Å². The number of fused-ring (bicyclic) bond motifs is 1. The lowest BCUT2D eigenvalue weighted by Gasteiger charge is -2.10. The van der Waals surface area contributed by atoms with E-state index in [1.165, 1.54) is 6.07 Å². The Kier molecular flexibility index (Phi) is 3.62. The Morgan fingerprint density at radius 3 is 2.56 bits per heavy atom. The number of aliphatic hydroxyl groups excluding tert-OH is 1. The summed E-state index contributed by atoms with van der Waals surface area (Å²) >= 11 is 0. The molecule has 0 aliphatic carbocycles. The van der Waals surface area contributed by atoms with Crippen molar-refractivity contribution in [2.75, 3.05) is 19.8 Å². The summed E-state index contributed by atoms with van der Waals surface area (Å²) in [6, 6.07) is 3.04. The smallest absolute Gasteiger partial charge is 0.164 e. The Morgan fingerprint density at radius 1 is 1.19 bits per heavy atom. The molecule has 0 spiro atoms. The van der Waals surface area contributed by atoms with E-state index < -0.39 is 0 Å². The fourth-order valence-corrected chi connectivity index (χ4v) is 1.69. The molecule has 1 aromatic rings. The third-order valence-corrected chi connectivity index (χ3v) is 2.52. The second-order valence-corrected chi connectivity index (χ2v) is 3.77. The molecule has 88 valence electrons. The summed E-state index contributed by atoms with van der Waals surface area (Å²) in [6.45, 7) is 1.22. The molecule has 0 fully saturated rings. The van der Waals surface area contributed by atoms with Crippen molar-refractivity contribution in [3.63, 3.8) is 0 Å². The fourth-order valence-electron chi connectivity index (χ4n) is 1.69. The van der Waals surface area contributed by atoms with Crippen LogP contribution in [0.15, 0.2) is 12.1 Å². The molecule has 0 unspecified atom stereocenters. The van der Waals surface area contributed by atoms with Crippen LogP contribution in [0.25, 0.3) is 0 Å². The average molecular weight is 226 g/mol. The molecule has 0 radical (unpaired) electrons. The topological polar surface area (TPSA) is 38.7 Å². The van der Waals surface area contributed by atoms with Crippen molar-refractivity contribution in [1.29, 1.82) is 0 Å². The Hall–Kier alpha value is -1.29. The van der Waals surface area contributed by atoms with Gasteiger partial charge in [-0.1, -0.05) is 0 Å². The van der Waals surface area contributed by atoms with Gasteiger partial charge in [-0.3, -0.25) is 0 Å². The van der Waals surface area contributed by atoms with Gasteiger partial charge in [0.15, 0.2) is 11.5 Å². The van der Waals surface area contributed by atoms with Crippen molar-refractivity contribution in [2.24, 2.45) is 0 Å². The van der Waals surface area contributed by atoms with Crippen LogP contribution in [0, 0.1) is 5.82 Å². The lowest BCUT2D eigenvalue weighted by atomic mass is 10.1. The highest BCUT2D eigenvalue weighted by molar-refractivity contribution is 5.44. The van der Waals surface area contributed by atoms with Gasteiger partial charge in [0.1, 0.15) is 5.82 Å². The van der Waals surface area contributed by atoms with Crippen LogP contribution in [0.5, 0.6) is 11.5 Å². The van der Waals surface area contributed by atoms with Crippen molar-refractivity contribution in [3.8, 4) is 11.5 Å². The van der Waals surface area contributed by atoms with E-state index >= 15 is 0 Å². The molecular weight excluding hydrogens is 211 g/mol. The van der Waals surface area contributed by atoms with Crippen molar-refractivity contribution >= 4 is 0 Å². The van der Waals surface area contributed by atoms with Crippen LogP contribution in [0.2, 0.25) is 0 Å². The fraction of sp³-hybridized carbons (Fsp3) is 0.500. The third kappa shape index (κ3) is 2.44. The zero-order valence-electron chi connectivity index (χ0n) is 9.04. The lowest BCUT2D eigenvalue weighted by molar-refractivity contribution is 0.287. The molecule has 0 aromatic heterocycles. The number of ether oxygens (including phenoxy) is 2. The van der Waals surface area contributed by atoms with E-state index in [0.29, 0.717) is 43.1 Å². The van der Waals surface area contributed by atoms with Crippen molar-refractivity contribution < 1.29 is 19.0 Å². The number of hydrogen-bond acceptors (Lipinski definition) is 3. The van der Waals surface area contributed by atoms with Crippen LogP contribution in [0.3, 0.4) is 0 Å². The number of aryl methyl sites for hydroxylation is 1. The Morgan fingerprint density at radius 2 is 1.88 bits per heavy atom. The number of halogens is 1. The van der Waals surface area contributed by atoms with Gasteiger partial charge in [0.05, 0.1) is 13.2 Å². The zero-order chi connectivity index (χ0) is 11.4. The monoisotopic (exact) mass is 226 g/mol. The highest BCUT2D eigenvalue weighted by Crippen LogP contribution is 2.32. The maximum Gasteiger partial charge on any atom is 0.164 e. The lowest BCUT2D eigenvalue weighted by Crippen LogP contribution is -1.98. The minimum Gasteiger partial charge on any atom is -0.490 e. The summed E-state index contributed by atoms with van der Waals surface area (Å²) in [5.41, 5.74) is 0.568. The van der Waals surface area contributed by atoms with Crippen LogP contribution in [-0.4, -0.2) is 24.9 Å². The van der Waals surface area contributed by atoms with Crippen LogP contribution >= 0.6 is 0 Å². The third-order valence-electron chi connectivity index (χ3n) is 2.52. The van der Waals surface area contributed by atoms with Gasteiger partial charge in [-0.25, -0.2) is 4.39 Å². The van der Waals surface area contributed by atoms with Crippen LogP contribution in [-0.2, 0) is 6.42 Å². The molecule has 1 N–H and O–H groups in total.